The topological polar surface area (TPSA) is 140 Å². The Hall–Kier alpha value is -4.25. The number of piperazine rings is 1. The van der Waals surface area contributed by atoms with Crippen LogP contribution in [-0.2, 0) is 25.7 Å². The van der Waals surface area contributed by atoms with Gasteiger partial charge in [-0.2, -0.15) is 0 Å². The van der Waals surface area contributed by atoms with E-state index in [0.29, 0.717) is 18.5 Å². The van der Waals surface area contributed by atoms with E-state index in [4.69, 9.17) is 0 Å². The van der Waals surface area contributed by atoms with E-state index < -0.39 is 11.7 Å². The standard InChI is InChI=1S/C17H26N4O2.C11H12N2O3.C4H10.C3H8/c1-13(2)19-16(22)12-18-17(23)14-4-6-15(7-5-14)21-10-8-20(3)9-11-21;14-8-12-7-10(15)11(16)13-6-9-4-2-1-3-5-9;1-4(2)3;1-3-2/h4-7,13H,8-12H2,1-3H3,(H,18,23)(H,19,22);1-5,8H,6-7H2,(H,12,14)(H,13,16);4H,1-3H3;3H2,1-2H3. The van der Waals surface area contributed by atoms with Gasteiger partial charge in [0.25, 0.3) is 11.8 Å². The number of nitrogens with one attached hydrogen (secondary N) is 4. The first-order valence-electron chi connectivity index (χ1n) is 16.0. The molecule has 2 aromatic carbocycles. The normalized spacial score (nSPS) is 12.2. The molecule has 0 atom stereocenters. The zero-order chi connectivity index (χ0) is 34.9. The smallest absolute Gasteiger partial charge is 0.289 e. The lowest BCUT2D eigenvalue weighted by Crippen LogP contribution is -2.44. The van der Waals surface area contributed by atoms with Crippen LogP contribution in [-0.4, -0.2) is 87.2 Å². The first kappa shape index (κ1) is 41.8. The Morgan fingerprint density at radius 2 is 1.35 bits per heavy atom. The van der Waals surface area contributed by atoms with E-state index in [-0.39, 0.29) is 30.9 Å². The van der Waals surface area contributed by atoms with Crippen molar-refractivity contribution in [2.24, 2.45) is 5.92 Å². The number of hydrogen-bond acceptors (Lipinski definition) is 7. The Kier molecular flexibility index (Phi) is 22.7. The molecule has 1 aliphatic heterocycles. The molecule has 1 aliphatic rings. The van der Waals surface area contributed by atoms with E-state index in [1.54, 1.807) is 0 Å². The summed E-state index contributed by atoms with van der Waals surface area (Å²) >= 11 is 0. The molecule has 4 N–H and O–H groups in total. The van der Waals surface area contributed by atoms with E-state index in [1.807, 2.05) is 68.4 Å². The van der Waals surface area contributed by atoms with Gasteiger partial charge in [0.05, 0.1) is 13.1 Å². The van der Waals surface area contributed by atoms with Gasteiger partial charge in [-0.05, 0) is 56.6 Å². The molecule has 0 aliphatic carbocycles. The highest BCUT2D eigenvalue weighted by Crippen LogP contribution is 2.17. The van der Waals surface area contributed by atoms with Gasteiger partial charge >= 0.3 is 0 Å². The highest BCUT2D eigenvalue weighted by atomic mass is 16.2. The van der Waals surface area contributed by atoms with Gasteiger partial charge in [0.1, 0.15) is 0 Å². The van der Waals surface area contributed by atoms with Crippen molar-refractivity contribution in [3.05, 3.63) is 65.7 Å². The van der Waals surface area contributed by atoms with E-state index in [9.17, 15) is 24.0 Å². The van der Waals surface area contributed by atoms with Crippen molar-refractivity contribution in [1.29, 1.82) is 0 Å². The summed E-state index contributed by atoms with van der Waals surface area (Å²) in [4.78, 5) is 60.4. The second-order valence-corrected chi connectivity index (χ2v) is 11.8. The van der Waals surface area contributed by atoms with E-state index in [1.165, 1.54) is 6.42 Å². The Morgan fingerprint density at radius 1 is 0.804 bits per heavy atom. The van der Waals surface area contributed by atoms with E-state index in [2.05, 4.69) is 72.7 Å². The summed E-state index contributed by atoms with van der Waals surface area (Å²) in [6.45, 7) is 18.6. The molecule has 11 nitrogen and oxygen atoms in total. The molecule has 1 fully saturated rings. The van der Waals surface area contributed by atoms with Crippen LogP contribution in [0.15, 0.2) is 54.6 Å². The predicted octanol–water partition coefficient (Wildman–Crippen LogP) is 3.39. The third-order valence-corrected chi connectivity index (χ3v) is 5.75. The molecule has 0 saturated carbocycles. The average molecular weight is 641 g/mol. The van der Waals surface area contributed by atoms with E-state index >= 15 is 0 Å². The minimum absolute atomic E-state index is 0.00275. The molecular formula is C35H56N6O5. The van der Waals surface area contributed by atoms with Crippen molar-refractivity contribution in [3.63, 3.8) is 0 Å². The zero-order valence-electron chi connectivity index (χ0n) is 29.0. The van der Waals surface area contributed by atoms with Gasteiger partial charge in [-0.25, -0.2) is 0 Å². The van der Waals surface area contributed by atoms with Crippen molar-refractivity contribution in [1.82, 2.24) is 26.2 Å². The molecule has 0 unspecified atom stereocenters. The number of likely N-dealkylation sites (N-methyl/N-ethyl adjacent to an activating group) is 1. The van der Waals surface area contributed by atoms with Crippen LogP contribution in [0.4, 0.5) is 5.69 Å². The number of ketones is 1. The van der Waals surface area contributed by atoms with E-state index in [0.717, 1.165) is 43.3 Å². The Bertz CT molecular complexity index is 1150. The maximum Gasteiger partial charge on any atom is 0.289 e. The number of benzene rings is 2. The lowest BCUT2D eigenvalue weighted by Gasteiger charge is -2.34. The fourth-order valence-corrected chi connectivity index (χ4v) is 3.62. The molecule has 1 heterocycles. The van der Waals surface area contributed by atoms with Crippen LogP contribution in [0.5, 0.6) is 0 Å². The predicted molar refractivity (Wildman–Crippen MR) is 186 cm³/mol. The molecule has 0 spiro atoms. The van der Waals surface area contributed by atoms with Crippen molar-refractivity contribution < 1.29 is 24.0 Å². The number of amides is 4. The van der Waals surface area contributed by atoms with Crippen LogP contribution >= 0.6 is 0 Å². The first-order chi connectivity index (χ1) is 21.8. The number of nitrogens with zero attached hydrogens (tertiary/aromatic N) is 2. The van der Waals surface area contributed by atoms with Gasteiger partial charge in [0.2, 0.25) is 18.1 Å². The minimum atomic E-state index is -0.696. The number of carbonyl (C=O) groups is 5. The number of rotatable bonds is 11. The molecule has 256 valence electrons. The highest BCUT2D eigenvalue weighted by molar-refractivity contribution is 6.37. The third-order valence-electron chi connectivity index (χ3n) is 5.75. The van der Waals surface area contributed by atoms with Gasteiger partial charge in [-0.1, -0.05) is 71.4 Å². The average Bonchev–Trinajstić information content (AvgIpc) is 3.02. The molecule has 2 aromatic rings. The van der Waals surface area contributed by atoms with Crippen LogP contribution in [0.25, 0.3) is 0 Å². The SMILES string of the molecule is CC(C)C.CC(C)NC(=O)CNC(=O)c1ccc(N2CCN(C)CC2)cc1.CCC.O=CNCC(=O)C(=O)NCc1ccccc1. The molecular weight excluding hydrogens is 584 g/mol. The van der Waals surface area contributed by atoms with Crippen LogP contribution in [0.1, 0.15) is 70.8 Å². The summed E-state index contributed by atoms with van der Waals surface area (Å²) in [5.41, 5.74) is 2.61. The van der Waals surface area contributed by atoms with Crippen LogP contribution in [0, 0.1) is 5.92 Å². The summed E-state index contributed by atoms with van der Waals surface area (Å²) in [5, 5.41) is 9.98. The van der Waals surface area contributed by atoms with Gasteiger partial charge in [-0.15, -0.1) is 0 Å². The number of hydrogen-bond donors (Lipinski definition) is 4. The van der Waals surface area contributed by atoms with Crippen LogP contribution < -0.4 is 26.2 Å². The van der Waals surface area contributed by atoms with Crippen molar-refractivity contribution in [2.45, 2.75) is 67.5 Å². The molecule has 3 rings (SSSR count). The lowest BCUT2D eigenvalue weighted by atomic mass is 10.1. The maximum atomic E-state index is 12.1. The lowest BCUT2D eigenvalue weighted by molar-refractivity contribution is -0.137. The summed E-state index contributed by atoms with van der Waals surface area (Å²) in [5.74, 6) is -0.933. The van der Waals surface area contributed by atoms with Crippen molar-refractivity contribution in [3.8, 4) is 0 Å². The second kappa shape index (κ2) is 25.0. The van der Waals surface area contributed by atoms with Gasteiger partial charge in [-0.3, -0.25) is 24.0 Å². The Labute approximate surface area is 275 Å². The summed E-state index contributed by atoms with van der Waals surface area (Å²) in [6.07, 6.45) is 1.63. The quantitative estimate of drug-likeness (QED) is 0.218. The number of anilines is 1. The summed E-state index contributed by atoms with van der Waals surface area (Å²) in [6, 6.07) is 16.9. The largest absolute Gasteiger partial charge is 0.369 e. The van der Waals surface area contributed by atoms with Gasteiger partial charge < -0.3 is 31.1 Å². The third kappa shape index (κ3) is 20.7. The fraction of sp³-hybridized carbons (Fsp3) is 0.514. The molecule has 1 saturated heterocycles. The molecule has 11 heteroatoms. The number of carbonyl (C=O) groups excluding carboxylic acids is 5. The highest BCUT2D eigenvalue weighted by Gasteiger charge is 2.15. The molecule has 0 bridgehead atoms. The van der Waals surface area contributed by atoms with Crippen LogP contribution in [0.3, 0.4) is 0 Å². The Morgan fingerprint density at radius 3 is 1.85 bits per heavy atom. The minimum Gasteiger partial charge on any atom is -0.369 e. The van der Waals surface area contributed by atoms with Crippen molar-refractivity contribution in [2.75, 3.05) is 51.2 Å². The number of Topliss-reactive ketones (excluding diaryl/α,β-unsaturated/α-hetero) is 1. The zero-order valence-corrected chi connectivity index (χ0v) is 29.0. The van der Waals surface area contributed by atoms with Crippen LogP contribution in [0.2, 0.25) is 0 Å². The first-order valence-corrected chi connectivity index (χ1v) is 16.0. The summed E-state index contributed by atoms with van der Waals surface area (Å²) < 4.78 is 0. The summed E-state index contributed by atoms with van der Waals surface area (Å²) in [7, 11) is 2.13. The van der Waals surface area contributed by atoms with Gasteiger partial charge in [0, 0.05) is 50.0 Å². The molecule has 46 heavy (non-hydrogen) atoms. The second-order valence-electron chi connectivity index (χ2n) is 11.8. The Balaban J connectivity index is 0.000000763. The maximum absolute atomic E-state index is 12.1. The van der Waals surface area contributed by atoms with Gasteiger partial charge in [0.15, 0.2) is 0 Å². The van der Waals surface area contributed by atoms with Crippen molar-refractivity contribution >= 4 is 35.6 Å². The fourth-order valence-electron chi connectivity index (χ4n) is 3.62. The monoisotopic (exact) mass is 640 g/mol. The molecule has 0 aromatic heterocycles. The molecule has 4 amide bonds. The molecule has 0 radical (unpaired) electrons.